The molecular weight excluding hydrogens is 192 g/mol. The van der Waals surface area contributed by atoms with Gasteiger partial charge in [0.2, 0.25) is 9.04 Å². The van der Waals surface area contributed by atoms with Gasteiger partial charge in [0, 0.05) is 12.6 Å². The van der Waals surface area contributed by atoms with Crippen molar-refractivity contribution in [3.05, 3.63) is 0 Å². The van der Waals surface area contributed by atoms with Gasteiger partial charge in [0.1, 0.15) is 0 Å². The third-order valence-corrected chi connectivity index (χ3v) is 5.00. The van der Waals surface area contributed by atoms with Crippen molar-refractivity contribution < 1.29 is 4.43 Å². The van der Waals surface area contributed by atoms with Crippen molar-refractivity contribution >= 4 is 9.04 Å². The lowest BCUT2D eigenvalue weighted by Crippen LogP contribution is -2.36. The molecule has 0 aliphatic rings. The minimum absolute atomic E-state index is 0.105. The van der Waals surface area contributed by atoms with Gasteiger partial charge < -0.3 is 15.9 Å². The summed E-state index contributed by atoms with van der Waals surface area (Å²) in [6, 6.07) is 1.23. The number of rotatable bonds is 6. The maximum Gasteiger partial charge on any atom is 0.216 e. The van der Waals surface area contributed by atoms with Crippen molar-refractivity contribution in [1.82, 2.24) is 0 Å². The predicted octanol–water partition coefficient (Wildman–Crippen LogP) is 1.49. The van der Waals surface area contributed by atoms with E-state index in [4.69, 9.17) is 15.9 Å². The van der Waals surface area contributed by atoms with E-state index in [2.05, 4.69) is 27.7 Å². The van der Waals surface area contributed by atoms with Crippen molar-refractivity contribution in [1.29, 1.82) is 0 Å². The smallest absolute Gasteiger partial charge is 0.216 e. The molecule has 0 spiro atoms. The van der Waals surface area contributed by atoms with E-state index in [9.17, 15) is 0 Å². The Kier molecular flexibility index (Phi) is 6.60. The van der Waals surface area contributed by atoms with Crippen molar-refractivity contribution in [2.45, 2.75) is 51.2 Å². The highest BCUT2D eigenvalue weighted by atomic mass is 28.3. The summed E-state index contributed by atoms with van der Waals surface area (Å²) in [7, 11) is -0.733. The molecule has 0 saturated heterocycles. The molecule has 0 rings (SSSR count). The molecule has 0 aromatic carbocycles. The molecule has 14 heavy (non-hydrogen) atoms. The molecule has 4 N–H and O–H groups in total. The number of nitrogens with two attached hydrogens (primary N) is 2. The van der Waals surface area contributed by atoms with E-state index < -0.39 is 9.04 Å². The zero-order chi connectivity index (χ0) is 11.2. The third-order valence-electron chi connectivity index (χ3n) is 2.17. The van der Waals surface area contributed by atoms with E-state index in [1.165, 1.54) is 0 Å². The average Bonchev–Trinajstić information content (AvgIpc) is 2.03. The van der Waals surface area contributed by atoms with Gasteiger partial charge in [0.05, 0.1) is 0 Å². The highest BCUT2D eigenvalue weighted by Gasteiger charge is 2.27. The molecule has 0 amide bonds. The fourth-order valence-corrected chi connectivity index (χ4v) is 3.47. The average molecular weight is 217 g/mol. The molecule has 4 heteroatoms. The predicted molar refractivity (Wildman–Crippen MR) is 63.5 cm³/mol. The van der Waals surface area contributed by atoms with Crippen LogP contribution in [-0.4, -0.2) is 28.2 Å². The van der Waals surface area contributed by atoms with Gasteiger partial charge in [-0.15, -0.1) is 0 Å². The summed E-state index contributed by atoms with van der Waals surface area (Å²) in [5.74, 6) is 0. The summed E-state index contributed by atoms with van der Waals surface area (Å²) in [5.41, 5.74) is 11.3. The van der Waals surface area contributed by atoms with Crippen LogP contribution in [0.2, 0.25) is 11.1 Å². The van der Waals surface area contributed by atoms with Crippen molar-refractivity contribution in [2.24, 2.45) is 11.5 Å². The minimum Gasteiger partial charge on any atom is -0.415 e. The maximum atomic E-state index is 5.89. The highest BCUT2D eigenvalue weighted by Crippen LogP contribution is 2.29. The largest absolute Gasteiger partial charge is 0.415 e. The van der Waals surface area contributed by atoms with E-state index in [0.717, 1.165) is 12.5 Å². The van der Waals surface area contributed by atoms with E-state index in [1.54, 1.807) is 0 Å². The second kappa shape index (κ2) is 6.56. The van der Waals surface area contributed by atoms with Crippen molar-refractivity contribution in [2.75, 3.05) is 13.2 Å². The molecule has 0 saturated carbocycles. The second-order valence-electron chi connectivity index (χ2n) is 4.68. The zero-order valence-electron chi connectivity index (χ0n) is 9.97. The Balaban J connectivity index is 3.84. The van der Waals surface area contributed by atoms with Crippen LogP contribution in [0.25, 0.3) is 0 Å². The molecular formula is C10H25N2OSi. The van der Waals surface area contributed by atoms with Gasteiger partial charge in [-0.05, 0) is 24.0 Å². The first-order chi connectivity index (χ1) is 6.41. The lowest BCUT2D eigenvalue weighted by Gasteiger charge is -2.28. The van der Waals surface area contributed by atoms with Crippen LogP contribution in [0.3, 0.4) is 0 Å². The molecule has 0 fully saturated rings. The Labute approximate surface area is 89.9 Å². The summed E-state index contributed by atoms with van der Waals surface area (Å²) in [6.45, 7) is 10.2. The first kappa shape index (κ1) is 14.1. The van der Waals surface area contributed by atoms with Crippen LogP contribution < -0.4 is 11.5 Å². The van der Waals surface area contributed by atoms with Crippen molar-refractivity contribution in [3.63, 3.8) is 0 Å². The Bertz CT molecular complexity index is 148. The fourth-order valence-electron chi connectivity index (χ4n) is 1.35. The first-order valence-electron chi connectivity index (χ1n) is 5.36. The molecule has 1 unspecified atom stereocenters. The highest BCUT2D eigenvalue weighted by molar-refractivity contribution is 6.55. The molecule has 3 nitrogen and oxygen atoms in total. The van der Waals surface area contributed by atoms with Crippen molar-refractivity contribution in [3.8, 4) is 0 Å². The molecule has 0 aliphatic carbocycles. The second-order valence-corrected chi connectivity index (χ2v) is 8.02. The lowest BCUT2D eigenvalue weighted by atomic mass is 10.2. The molecule has 0 heterocycles. The fraction of sp³-hybridized carbons (Fsp3) is 1.00. The van der Waals surface area contributed by atoms with Crippen LogP contribution in [0.4, 0.5) is 0 Å². The summed E-state index contributed by atoms with van der Waals surface area (Å²) < 4.78 is 5.89. The zero-order valence-corrected chi connectivity index (χ0v) is 11.0. The topological polar surface area (TPSA) is 61.3 Å². The molecule has 0 aromatic rings. The molecule has 0 aliphatic heterocycles. The Morgan fingerprint density at radius 2 is 1.93 bits per heavy atom. The molecule has 85 valence electrons. The molecule has 1 atom stereocenters. The number of hydrogen-bond acceptors (Lipinski definition) is 3. The SMILES string of the molecule is CC[Si](OCC(N)CCN)C(C)(C)C. The van der Waals surface area contributed by atoms with E-state index in [0.29, 0.717) is 18.2 Å². The Morgan fingerprint density at radius 1 is 1.36 bits per heavy atom. The Hall–Kier alpha value is 0.0969. The van der Waals surface area contributed by atoms with Crippen LogP contribution in [0.5, 0.6) is 0 Å². The molecule has 0 aromatic heterocycles. The molecule has 1 radical (unpaired) electrons. The van der Waals surface area contributed by atoms with Gasteiger partial charge in [0.25, 0.3) is 0 Å². The van der Waals surface area contributed by atoms with Crippen LogP contribution in [0, 0.1) is 0 Å². The summed E-state index contributed by atoms with van der Waals surface area (Å²) in [5, 5.41) is 0.294. The summed E-state index contributed by atoms with van der Waals surface area (Å²) in [4.78, 5) is 0. The van der Waals surface area contributed by atoms with Gasteiger partial charge in [-0.25, -0.2) is 0 Å². The lowest BCUT2D eigenvalue weighted by molar-refractivity contribution is 0.270. The summed E-state index contributed by atoms with van der Waals surface area (Å²) in [6.07, 6.45) is 0.850. The monoisotopic (exact) mass is 217 g/mol. The quantitative estimate of drug-likeness (QED) is 0.663. The van der Waals surface area contributed by atoms with Crippen LogP contribution >= 0.6 is 0 Å². The standard InChI is InChI=1S/C10H25N2OSi/c1-5-14(10(2,3)4)13-8-9(12)6-7-11/h9H,5-8,11-12H2,1-4H3. The van der Waals surface area contributed by atoms with Gasteiger partial charge >= 0.3 is 0 Å². The van der Waals surface area contributed by atoms with E-state index in [1.807, 2.05) is 0 Å². The maximum absolute atomic E-state index is 5.89. The van der Waals surface area contributed by atoms with Gasteiger partial charge in [-0.1, -0.05) is 27.7 Å². The summed E-state index contributed by atoms with van der Waals surface area (Å²) >= 11 is 0. The Morgan fingerprint density at radius 3 is 2.29 bits per heavy atom. The molecule has 0 bridgehead atoms. The third kappa shape index (κ3) is 5.75. The minimum atomic E-state index is -0.733. The van der Waals surface area contributed by atoms with Gasteiger partial charge in [-0.2, -0.15) is 0 Å². The van der Waals surface area contributed by atoms with Gasteiger partial charge in [-0.3, -0.25) is 0 Å². The normalized spacial score (nSPS) is 14.8. The van der Waals surface area contributed by atoms with Crippen LogP contribution in [0.15, 0.2) is 0 Å². The van der Waals surface area contributed by atoms with Crippen LogP contribution in [0.1, 0.15) is 34.1 Å². The van der Waals surface area contributed by atoms with Gasteiger partial charge in [0.15, 0.2) is 0 Å². The van der Waals surface area contributed by atoms with Crippen LogP contribution in [-0.2, 0) is 4.43 Å². The first-order valence-corrected chi connectivity index (χ1v) is 6.98. The number of hydrogen-bond donors (Lipinski definition) is 2. The van der Waals surface area contributed by atoms with E-state index in [-0.39, 0.29) is 6.04 Å². The van der Waals surface area contributed by atoms with E-state index >= 15 is 0 Å².